The molecule has 1 aromatic rings. The number of aliphatic hydroxyl groups excluding tert-OH is 1. The molecule has 6 atom stereocenters. The van der Waals surface area contributed by atoms with E-state index in [1.807, 2.05) is 6.92 Å². The molecule has 1 aliphatic heterocycles. The van der Waals surface area contributed by atoms with E-state index >= 15 is 0 Å². The molecular formula is C35H54N8O7. The van der Waals surface area contributed by atoms with Gasteiger partial charge in [0.1, 0.15) is 17.8 Å². The Morgan fingerprint density at radius 2 is 1.60 bits per heavy atom. The topological polar surface area (TPSA) is 212 Å². The Kier molecular flexibility index (Phi) is 13.3. The van der Waals surface area contributed by atoms with Crippen molar-refractivity contribution in [3.05, 3.63) is 24.3 Å². The zero-order valence-electron chi connectivity index (χ0n) is 29.9. The summed E-state index contributed by atoms with van der Waals surface area (Å²) in [5.41, 5.74) is -0.711. The lowest BCUT2D eigenvalue weighted by atomic mass is 9.82. The van der Waals surface area contributed by atoms with Gasteiger partial charge in [-0.25, -0.2) is 4.98 Å². The number of carbonyl (C=O) groups is 6. The van der Waals surface area contributed by atoms with Crippen molar-refractivity contribution < 1.29 is 33.9 Å². The van der Waals surface area contributed by atoms with Gasteiger partial charge < -0.3 is 36.6 Å². The van der Waals surface area contributed by atoms with Crippen LogP contribution in [0, 0.1) is 17.3 Å². The molecule has 2 saturated carbocycles. The molecule has 0 bridgehead atoms. The third kappa shape index (κ3) is 10.4. The summed E-state index contributed by atoms with van der Waals surface area (Å²) in [5, 5.41) is 25.0. The summed E-state index contributed by atoms with van der Waals surface area (Å²) < 4.78 is 0. The summed E-state index contributed by atoms with van der Waals surface area (Å²) >= 11 is 0. The van der Waals surface area contributed by atoms with Crippen LogP contribution < -0.4 is 26.6 Å². The van der Waals surface area contributed by atoms with Crippen molar-refractivity contribution in [3.8, 4) is 0 Å². The molecule has 2 unspecified atom stereocenters. The molecule has 50 heavy (non-hydrogen) atoms. The van der Waals surface area contributed by atoms with Gasteiger partial charge in [0, 0.05) is 38.4 Å². The van der Waals surface area contributed by atoms with Crippen molar-refractivity contribution in [2.75, 3.05) is 13.1 Å². The maximum atomic E-state index is 14.0. The standard InChI is InChI=1S/C35H54N8O7/c1-6-10-24(28(45)33(49)38-22-13-14-22)39-30(46)23-18-43(20(2)44)19-26(23)40-34(50)29(35(3,4)5)42-32(48)27(21-11-8-7-9-12-21)41-31(47)25-17-36-15-16-37-25/h15-17,21-24,26-29,45H,6-14,18-19H2,1-5H3,(H,38,49)(H,39,46)(H,40,50)(H,41,47)(H,42,48)/t23-,24?,26+,27+,28?,29-/m1/s1. The Bertz CT molecular complexity index is 1380. The van der Waals surface area contributed by atoms with Crippen LogP contribution in [0.5, 0.6) is 0 Å². The summed E-state index contributed by atoms with van der Waals surface area (Å²) in [6.07, 6.45) is 9.69. The van der Waals surface area contributed by atoms with Gasteiger partial charge in [-0.3, -0.25) is 33.8 Å². The minimum atomic E-state index is -1.45. The lowest BCUT2D eigenvalue weighted by Crippen LogP contribution is -2.61. The lowest BCUT2D eigenvalue weighted by molar-refractivity contribution is -0.135. The van der Waals surface area contributed by atoms with Crippen LogP contribution in [-0.4, -0.2) is 105 Å². The molecule has 2 heterocycles. The van der Waals surface area contributed by atoms with Crippen LogP contribution in [0.25, 0.3) is 0 Å². The second-order valence-corrected chi connectivity index (χ2v) is 15.0. The van der Waals surface area contributed by atoms with Crippen molar-refractivity contribution in [1.82, 2.24) is 41.5 Å². The number of likely N-dealkylation sites (tertiary alicyclic amines) is 1. The number of aromatic nitrogens is 2. The monoisotopic (exact) mass is 698 g/mol. The van der Waals surface area contributed by atoms with Crippen molar-refractivity contribution >= 4 is 35.4 Å². The molecule has 6 amide bonds. The van der Waals surface area contributed by atoms with E-state index in [9.17, 15) is 33.9 Å². The fourth-order valence-electron chi connectivity index (χ4n) is 6.75. The Morgan fingerprint density at radius 3 is 2.18 bits per heavy atom. The van der Waals surface area contributed by atoms with Crippen molar-refractivity contribution in [3.63, 3.8) is 0 Å². The first-order chi connectivity index (χ1) is 23.7. The van der Waals surface area contributed by atoms with Gasteiger partial charge in [-0.2, -0.15) is 0 Å². The Balaban J connectivity index is 1.50. The summed E-state index contributed by atoms with van der Waals surface area (Å²) in [4.78, 5) is 89.3. The molecule has 4 rings (SSSR count). The fourth-order valence-corrected chi connectivity index (χ4v) is 6.75. The highest BCUT2D eigenvalue weighted by molar-refractivity contribution is 5.97. The van der Waals surface area contributed by atoms with Crippen LogP contribution in [0.2, 0.25) is 0 Å². The maximum Gasteiger partial charge on any atom is 0.272 e. The predicted octanol–water partition coefficient (Wildman–Crippen LogP) is 0.574. The van der Waals surface area contributed by atoms with Gasteiger partial charge in [-0.1, -0.05) is 53.4 Å². The first kappa shape index (κ1) is 38.7. The van der Waals surface area contributed by atoms with Crippen molar-refractivity contribution in [1.29, 1.82) is 0 Å². The average molecular weight is 699 g/mol. The molecule has 3 fully saturated rings. The number of amides is 6. The normalized spacial score (nSPS) is 22.0. The van der Waals surface area contributed by atoms with Crippen LogP contribution in [0.3, 0.4) is 0 Å². The number of rotatable bonds is 14. The van der Waals surface area contributed by atoms with E-state index in [0.29, 0.717) is 12.8 Å². The second kappa shape index (κ2) is 17.2. The molecule has 15 heteroatoms. The number of carbonyl (C=O) groups excluding carboxylic acids is 6. The van der Waals surface area contributed by atoms with Gasteiger partial charge >= 0.3 is 0 Å². The van der Waals surface area contributed by atoms with E-state index in [1.54, 1.807) is 20.8 Å². The number of nitrogens with one attached hydrogen (secondary N) is 5. The molecule has 0 radical (unpaired) electrons. The summed E-state index contributed by atoms with van der Waals surface area (Å²) in [6.45, 7) is 8.75. The van der Waals surface area contributed by atoms with Gasteiger partial charge in [-0.05, 0) is 43.4 Å². The summed E-state index contributed by atoms with van der Waals surface area (Å²) in [6, 6.07) is -3.61. The minimum absolute atomic E-state index is 0.0278. The minimum Gasteiger partial charge on any atom is -0.381 e. The molecular weight excluding hydrogens is 644 g/mol. The van der Waals surface area contributed by atoms with Crippen molar-refractivity contribution in [2.24, 2.45) is 17.3 Å². The molecule has 6 N–H and O–H groups in total. The SMILES string of the molecule is CCCC(NC(=O)[C@@H]1CN(C(C)=O)C[C@@H]1NC(=O)[C@@H](NC(=O)[C@@H](NC(=O)c1cnccn1)C1CCCCC1)C(C)(C)C)C(O)C(=O)NC1CC1. The maximum absolute atomic E-state index is 14.0. The lowest BCUT2D eigenvalue weighted by Gasteiger charge is -2.35. The highest BCUT2D eigenvalue weighted by Gasteiger charge is 2.44. The Morgan fingerprint density at radius 1 is 0.900 bits per heavy atom. The Labute approximate surface area is 293 Å². The van der Waals surface area contributed by atoms with E-state index in [4.69, 9.17) is 0 Å². The highest BCUT2D eigenvalue weighted by Crippen LogP contribution is 2.28. The molecule has 2 aliphatic carbocycles. The summed E-state index contributed by atoms with van der Waals surface area (Å²) in [7, 11) is 0. The Hall–Kier alpha value is -4.14. The third-order valence-corrected chi connectivity index (χ3v) is 9.83. The highest BCUT2D eigenvalue weighted by atomic mass is 16.3. The van der Waals surface area contributed by atoms with Crippen LogP contribution in [-0.2, 0) is 24.0 Å². The molecule has 0 spiro atoms. The predicted molar refractivity (Wildman–Crippen MR) is 183 cm³/mol. The molecule has 276 valence electrons. The van der Waals surface area contributed by atoms with E-state index in [2.05, 4.69) is 36.6 Å². The van der Waals surface area contributed by atoms with Gasteiger partial charge in [-0.15, -0.1) is 0 Å². The summed E-state index contributed by atoms with van der Waals surface area (Å²) in [5.74, 6) is -3.93. The van der Waals surface area contributed by atoms with Gasteiger partial charge in [0.25, 0.3) is 11.8 Å². The zero-order chi connectivity index (χ0) is 36.6. The number of hydrogen-bond acceptors (Lipinski definition) is 9. The fraction of sp³-hybridized carbons (Fsp3) is 0.714. The zero-order valence-corrected chi connectivity index (χ0v) is 29.9. The average Bonchev–Trinajstić information content (AvgIpc) is 3.80. The second-order valence-electron chi connectivity index (χ2n) is 15.0. The van der Waals surface area contributed by atoms with Crippen LogP contribution in [0.1, 0.15) is 103 Å². The molecule has 1 saturated heterocycles. The molecule has 0 aromatic carbocycles. The van der Waals surface area contributed by atoms with E-state index in [-0.39, 0.29) is 36.7 Å². The molecule has 3 aliphatic rings. The number of aliphatic hydroxyl groups is 1. The van der Waals surface area contributed by atoms with Crippen LogP contribution in [0.15, 0.2) is 18.6 Å². The molecule has 1 aromatic heterocycles. The quantitative estimate of drug-likeness (QED) is 0.160. The smallest absolute Gasteiger partial charge is 0.272 e. The third-order valence-electron chi connectivity index (χ3n) is 9.83. The van der Waals surface area contributed by atoms with Gasteiger partial charge in [0.2, 0.25) is 23.6 Å². The van der Waals surface area contributed by atoms with Crippen LogP contribution in [0.4, 0.5) is 0 Å². The van der Waals surface area contributed by atoms with Gasteiger partial charge in [0.05, 0.1) is 24.2 Å². The van der Waals surface area contributed by atoms with E-state index in [1.165, 1.54) is 30.4 Å². The largest absolute Gasteiger partial charge is 0.381 e. The first-order valence-corrected chi connectivity index (χ1v) is 17.9. The first-order valence-electron chi connectivity index (χ1n) is 17.9. The number of hydrogen-bond donors (Lipinski definition) is 6. The number of nitrogens with zero attached hydrogens (tertiary/aromatic N) is 3. The molecule has 15 nitrogen and oxygen atoms in total. The van der Waals surface area contributed by atoms with E-state index < -0.39 is 71.1 Å². The van der Waals surface area contributed by atoms with Gasteiger partial charge in [0.15, 0.2) is 6.10 Å². The van der Waals surface area contributed by atoms with E-state index in [0.717, 1.165) is 44.9 Å². The van der Waals surface area contributed by atoms with Crippen molar-refractivity contribution in [2.45, 2.75) is 129 Å². The van der Waals surface area contributed by atoms with Crippen LogP contribution >= 0.6 is 0 Å².